The molecule has 3 amide bonds. The number of anilines is 1. The molecule has 7 nitrogen and oxygen atoms in total. The quantitative estimate of drug-likeness (QED) is 0.737. The fourth-order valence-corrected chi connectivity index (χ4v) is 5.78. The predicted octanol–water partition coefficient (Wildman–Crippen LogP) is 3.86. The number of carbonyl (C=O) groups excluding carboxylic acids is 2. The van der Waals surface area contributed by atoms with E-state index >= 15 is 0 Å². The molecule has 2 aromatic heterocycles. The Bertz CT molecular complexity index is 1050. The number of rotatable bonds is 5. The number of likely N-dealkylation sites (tertiary alicyclic amines) is 1. The average molecular weight is 460 g/mol. The molecule has 2 aromatic rings. The van der Waals surface area contributed by atoms with Crippen molar-refractivity contribution in [2.24, 2.45) is 11.8 Å². The van der Waals surface area contributed by atoms with Gasteiger partial charge in [-0.2, -0.15) is 5.10 Å². The van der Waals surface area contributed by atoms with E-state index in [4.69, 9.17) is 0 Å². The summed E-state index contributed by atoms with van der Waals surface area (Å²) in [5, 5.41) is 6.73. The molecule has 33 heavy (non-hydrogen) atoms. The number of imide groups is 1. The molecule has 2 saturated heterocycles. The lowest BCUT2D eigenvalue weighted by atomic mass is 9.86. The topological polar surface area (TPSA) is 70.0 Å². The van der Waals surface area contributed by atoms with Gasteiger partial charge in [-0.25, -0.2) is 18.1 Å². The summed E-state index contributed by atoms with van der Waals surface area (Å²) in [6, 6.07) is 4.14. The number of amides is 3. The van der Waals surface area contributed by atoms with E-state index in [1.165, 1.54) is 5.56 Å². The van der Waals surface area contributed by atoms with E-state index in [0.717, 1.165) is 37.9 Å². The number of piperidine rings is 1. The lowest BCUT2D eigenvalue weighted by molar-refractivity contribution is -0.120. The highest BCUT2D eigenvalue weighted by atomic mass is 19.3. The summed E-state index contributed by atoms with van der Waals surface area (Å²) in [5.41, 5.74) is 2.75. The zero-order valence-corrected chi connectivity index (χ0v) is 19.0. The number of alkyl halides is 2. The van der Waals surface area contributed by atoms with Crippen LogP contribution in [0.3, 0.4) is 0 Å². The van der Waals surface area contributed by atoms with Crippen LogP contribution in [0, 0.1) is 11.8 Å². The van der Waals surface area contributed by atoms with Crippen LogP contribution >= 0.6 is 0 Å². The predicted molar refractivity (Wildman–Crippen MR) is 120 cm³/mol. The lowest BCUT2D eigenvalue weighted by Gasteiger charge is -2.39. The Balaban J connectivity index is 1.23. The van der Waals surface area contributed by atoms with Gasteiger partial charge in [0.15, 0.2) is 0 Å². The SMILES string of the molecule is C[C@H]1C[C@H](Cc2ccn3ncc(N4CCC(=O)NC4=O)c3c2)CCN1C[C@@H]1CCC(F)(F)C1. The van der Waals surface area contributed by atoms with E-state index in [1.54, 1.807) is 15.6 Å². The van der Waals surface area contributed by atoms with Gasteiger partial charge in [-0.1, -0.05) is 0 Å². The van der Waals surface area contributed by atoms with Crippen molar-refractivity contribution in [3.05, 3.63) is 30.1 Å². The molecule has 1 aliphatic carbocycles. The fourth-order valence-electron chi connectivity index (χ4n) is 5.78. The normalized spacial score (nSPS) is 28.5. The van der Waals surface area contributed by atoms with Gasteiger partial charge in [0.25, 0.3) is 0 Å². The van der Waals surface area contributed by atoms with Gasteiger partial charge in [0.05, 0.1) is 17.4 Å². The van der Waals surface area contributed by atoms with Gasteiger partial charge in [-0.3, -0.25) is 15.0 Å². The molecule has 9 heteroatoms. The number of hydrogen-bond acceptors (Lipinski definition) is 4. The van der Waals surface area contributed by atoms with Crippen LogP contribution in [0.15, 0.2) is 24.5 Å². The molecule has 3 aliphatic rings. The van der Waals surface area contributed by atoms with Crippen molar-refractivity contribution in [2.75, 3.05) is 24.5 Å². The molecule has 0 bridgehead atoms. The largest absolute Gasteiger partial charge is 0.328 e. The van der Waals surface area contributed by atoms with Gasteiger partial charge in [0.1, 0.15) is 0 Å². The first kappa shape index (κ1) is 22.3. The number of carbonyl (C=O) groups is 2. The number of halogens is 2. The van der Waals surface area contributed by atoms with Crippen LogP contribution in [0.5, 0.6) is 0 Å². The second-order valence-electron chi connectivity index (χ2n) is 10.1. The molecule has 3 atom stereocenters. The summed E-state index contributed by atoms with van der Waals surface area (Å²) in [5.74, 6) is -2.08. The van der Waals surface area contributed by atoms with E-state index < -0.39 is 12.0 Å². The Morgan fingerprint density at radius 2 is 2.06 bits per heavy atom. The van der Waals surface area contributed by atoms with Gasteiger partial charge in [-0.15, -0.1) is 0 Å². The van der Waals surface area contributed by atoms with Crippen LogP contribution in [0.25, 0.3) is 5.52 Å². The number of nitrogens with zero attached hydrogens (tertiary/aromatic N) is 4. The second kappa shape index (κ2) is 8.66. The van der Waals surface area contributed by atoms with E-state index in [1.807, 2.05) is 6.20 Å². The maximum Gasteiger partial charge on any atom is 0.328 e. The van der Waals surface area contributed by atoms with Gasteiger partial charge < -0.3 is 4.90 Å². The van der Waals surface area contributed by atoms with Crippen molar-refractivity contribution in [1.29, 1.82) is 0 Å². The van der Waals surface area contributed by atoms with Crippen LogP contribution in [0.1, 0.15) is 51.0 Å². The number of urea groups is 1. The number of nitrogens with one attached hydrogen (secondary N) is 1. The van der Waals surface area contributed by atoms with Crippen molar-refractivity contribution in [3.8, 4) is 0 Å². The number of fused-ring (bicyclic) bond motifs is 1. The Morgan fingerprint density at radius 3 is 2.79 bits per heavy atom. The molecule has 0 aromatic carbocycles. The third kappa shape index (κ3) is 4.74. The summed E-state index contributed by atoms with van der Waals surface area (Å²) >= 11 is 0. The van der Waals surface area contributed by atoms with E-state index in [9.17, 15) is 18.4 Å². The summed E-state index contributed by atoms with van der Waals surface area (Å²) in [4.78, 5) is 27.7. The van der Waals surface area contributed by atoms with Crippen molar-refractivity contribution < 1.29 is 18.4 Å². The molecule has 0 unspecified atom stereocenters. The van der Waals surface area contributed by atoms with Crippen molar-refractivity contribution >= 4 is 23.1 Å². The second-order valence-corrected chi connectivity index (χ2v) is 10.1. The molecular weight excluding hydrogens is 428 g/mol. The number of aromatic nitrogens is 2. The van der Waals surface area contributed by atoms with E-state index in [0.29, 0.717) is 30.6 Å². The summed E-state index contributed by atoms with van der Waals surface area (Å²) in [6.07, 6.45) is 7.62. The number of pyridine rings is 1. The Labute approximate surface area is 192 Å². The van der Waals surface area contributed by atoms with E-state index in [-0.39, 0.29) is 31.1 Å². The van der Waals surface area contributed by atoms with Crippen LogP contribution < -0.4 is 10.2 Å². The van der Waals surface area contributed by atoms with Crippen LogP contribution in [0.4, 0.5) is 19.3 Å². The monoisotopic (exact) mass is 459 g/mol. The van der Waals surface area contributed by atoms with E-state index in [2.05, 4.69) is 34.4 Å². The highest BCUT2D eigenvalue weighted by Crippen LogP contribution is 2.40. The molecule has 4 heterocycles. The van der Waals surface area contributed by atoms with Gasteiger partial charge in [0, 0.05) is 44.6 Å². The minimum Gasteiger partial charge on any atom is -0.300 e. The minimum atomic E-state index is -2.47. The highest BCUT2D eigenvalue weighted by molar-refractivity contribution is 6.07. The molecule has 0 spiro atoms. The molecule has 0 radical (unpaired) electrons. The summed E-state index contributed by atoms with van der Waals surface area (Å²) in [6.45, 7) is 4.30. The first-order valence-electron chi connectivity index (χ1n) is 12.0. The zero-order valence-electron chi connectivity index (χ0n) is 19.0. The first-order valence-corrected chi connectivity index (χ1v) is 12.0. The maximum absolute atomic E-state index is 13.6. The van der Waals surface area contributed by atoms with Crippen LogP contribution in [-0.2, 0) is 11.2 Å². The minimum absolute atomic E-state index is 0.0382. The molecule has 5 rings (SSSR count). The van der Waals surface area contributed by atoms with Crippen molar-refractivity contribution in [2.45, 2.75) is 63.8 Å². The standard InChI is InChI=1S/C24H31F2N5O2/c1-16-10-17(3-7-29(16)15-19-2-6-24(25,26)13-19)11-18-4-9-31-20(12-18)21(14-27-31)30-8-5-22(32)28-23(30)33/h4,9,12,14,16-17,19H,2-3,5-8,10-11,13,15H2,1H3,(H,28,32,33)/t16-,17+,19+/m0/s1. The fraction of sp³-hybridized carbons (Fsp3) is 0.625. The Morgan fingerprint density at radius 1 is 1.21 bits per heavy atom. The van der Waals surface area contributed by atoms with Gasteiger partial charge in [-0.05, 0) is 68.7 Å². The lowest BCUT2D eigenvalue weighted by Crippen LogP contribution is -2.49. The molecule has 1 N–H and O–H groups in total. The smallest absolute Gasteiger partial charge is 0.300 e. The molecule has 3 fully saturated rings. The molecule has 2 aliphatic heterocycles. The molecule has 1 saturated carbocycles. The number of hydrogen-bond donors (Lipinski definition) is 1. The first-order chi connectivity index (χ1) is 15.8. The van der Waals surface area contributed by atoms with Gasteiger partial charge in [0.2, 0.25) is 11.8 Å². The van der Waals surface area contributed by atoms with Crippen LogP contribution in [-0.4, -0.2) is 58.1 Å². The van der Waals surface area contributed by atoms with Crippen molar-refractivity contribution in [1.82, 2.24) is 19.8 Å². The maximum atomic E-state index is 13.6. The Kier molecular flexibility index (Phi) is 5.84. The third-order valence-corrected chi connectivity index (χ3v) is 7.56. The average Bonchev–Trinajstić information content (AvgIpc) is 3.32. The zero-order chi connectivity index (χ0) is 23.2. The summed E-state index contributed by atoms with van der Waals surface area (Å²) < 4.78 is 28.9. The molecule has 178 valence electrons. The molecular formula is C24H31F2N5O2. The van der Waals surface area contributed by atoms with Crippen LogP contribution in [0.2, 0.25) is 0 Å². The highest BCUT2D eigenvalue weighted by Gasteiger charge is 2.40. The van der Waals surface area contributed by atoms with Gasteiger partial charge >= 0.3 is 6.03 Å². The Hall–Kier alpha value is -2.55. The van der Waals surface area contributed by atoms with Crippen molar-refractivity contribution in [3.63, 3.8) is 0 Å². The summed E-state index contributed by atoms with van der Waals surface area (Å²) in [7, 11) is 0. The third-order valence-electron chi connectivity index (χ3n) is 7.56.